The molecular formula is C11H10BrNO. The van der Waals surface area contributed by atoms with Gasteiger partial charge in [0.25, 0.3) is 0 Å². The van der Waals surface area contributed by atoms with Crippen LogP contribution in [0.3, 0.4) is 0 Å². The van der Waals surface area contributed by atoms with E-state index in [2.05, 4.69) is 15.9 Å². The van der Waals surface area contributed by atoms with E-state index >= 15 is 0 Å². The van der Waals surface area contributed by atoms with Gasteiger partial charge in [0.05, 0.1) is 6.07 Å². The lowest BCUT2D eigenvalue weighted by Gasteiger charge is -2.04. The number of rotatable bonds is 3. The van der Waals surface area contributed by atoms with Crippen molar-refractivity contribution in [3.8, 4) is 6.07 Å². The SMILES string of the molecule is CCC(C#N)C(=O)c1cccc(Br)c1. The normalized spacial score (nSPS) is 11.8. The fourth-order valence-corrected chi connectivity index (χ4v) is 1.58. The first-order valence-electron chi connectivity index (χ1n) is 4.38. The molecule has 0 N–H and O–H groups in total. The number of carbonyl (C=O) groups is 1. The Labute approximate surface area is 91.7 Å². The van der Waals surface area contributed by atoms with Crippen molar-refractivity contribution < 1.29 is 4.79 Å². The quantitative estimate of drug-likeness (QED) is 0.775. The Hall–Kier alpha value is -1.14. The van der Waals surface area contributed by atoms with E-state index in [0.717, 1.165) is 4.47 Å². The molecule has 0 saturated heterocycles. The Morgan fingerprint density at radius 1 is 1.64 bits per heavy atom. The van der Waals surface area contributed by atoms with Crippen LogP contribution in [0.1, 0.15) is 23.7 Å². The van der Waals surface area contributed by atoms with Crippen LogP contribution in [0.2, 0.25) is 0 Å². The molecular weight excluding hydrogens is 242 g/mol. The van der Waals surface area contributed by atoms with Gasteiger partial charge < -0.3 is 0 Å². The van der Waals surface area contributed by atoms with Gasteiger partial charge in [0, 0.05) is 10.0 Å². The van der Waals surface area contributed by atoms with Crippen molar-refractivity contribution in [2.45, 2.75) is 13.3 Å². The van der Waals surface area contributed by atoms with Crippen molar-refractivity contribution in [1.29, 1.82) is 5.26 Å². The summed E-state index contributed by atoms with van der Waals surface area (Å²) in [5, 5.41) is 8.74. The maximum atomic E-state index is 11.7. The molecule has 3 heteroatoms. The molecule has 0 fully saturated rings. The molecule has 0 amide bonds. The lowest BCUT2D eigenvalue weighted by molar-refractivity contribution is 0.0946. The average Bonchev–Trinajstić information content (AvgIpc) is 2.19. The summed E-state index contributed by atoms with van der Waals surface area (Å²) in [6, 6.07) is 9.12. The number of hydrogen-bond acceptors (Lipinski definition) is 2. The van der Waals surface area contributed by atoms with Gasteiger partial charge in [0.2, 0.25) is 0 Å². The number of nitriles is 1. The van der Waals surface area contributed by atoms with Gasteiger partial charge in [-0.05, 0) is 18.6 Å². The van der Waals surface area contributed by atoms with Crippen molar-refractivity contribution in [2.75, 3.05) is 0 Å². The lowest BCUT2D eigenvalue weighted by Crippen LogP contribution is -2.11. The van der Waals surface area contributed by atoms with Gasteiger partial charge >= 0.3 is 0 Å². The Morgan fingerprint density at radius 2 is 2.36 bits per heavy atom. The monoisotopic (exact) mass is 251 g/mol. The van der Waals surface area contributed by atoms with E-state index in [9.17, 15) is 4.79 Å². The second kappa shape index (κ2) is 4.92. The maximum absolute atomic E-state index is 11.7. The molecule has 1 rings (SSSR count). The van der Waals surface area contributed by atoms with E-state index in [1.54, 1.807) is 18.2 Å². The number of Topliss-reactive ketones (excluding diaryl/α,β-unsaturated/α-hetero) is 1. The average molecular weight is 252 g/mol. The highest BCUT2D eigenvalue weighted by molar-refractivity contribution is 9.10. The highest BCUT2D eigenvalue weighted by Gasteiger charge is 2.17. The van der Waals surface area contributed by atoms with Crippen LogP contribution >= 0.6 is 15.9 Å². The number of halogens is 1. The highest BCUT2D eigenvalue weighted by Crippen LogP contribution is 2.16. The Balaban J connectivity index is 2.95. The largest absolute Gasteiger partial charge is 0.293 e. The molecule has 0 saturated carbocycles. The van der Waals surface area contributed by atoms with Crippen molar-refractivity contribution in [1.82, 2.24) is 0 Å². The zero-order valence-electron chi connectivity index (χ0n) is 7.83. The predicted octanol–water partition coefficient (Wildman–Crippen LogP) is 3.18. The van der Waals surface area contributed by atoms with Gasteiger partial charge in [-0.1, -0.05) is 35.0 Å². The summed E-state index contributed by atoms with van der Waals surface area (Å²) in [5.74, 6) is -0.624. The Morgan fingerprint density at radius 3 is 2.86 bits per heavy atom. The molecule has 1 aromatic rings. The van der Waals surface area contributed by atoms with Crippen molar-refractivity contribution in [3.63, 3.8) is 0 Å². The first-order chi connectivity index (χ1) is 6.69. The number of benzene rings is 1. The van der Waals surface area contributed by atoms with E-state index in [1.807, 2.05) is 19.1 Å². The van der Waals surface area contributed by atoms with Crippen LogP contribution in [0, 0.1) is 17.2 Å². The van der Waals surface area contributed by atoms with Crippen molar-refractivity contribution >= 4 is 21.7 Å². The van der Waals surface area contributed by atoms with Gasteiger partial charge in [-0.2, -0.15) is 5.26 Å². The van der Waals surface area contributed by atoms with E-state index in [-0.39, 0.29) is 5.78 Å². The molecule has 72 valence electrons. The molecule has 0 aliphatic heterocycles. The van der Waals surface area contributed by atoms with Crippen LogP contribution in [-0.4, -0.2) is 5.78 Å². The van der Waals surface area contributed by atoms with Crippen LogP contribution in [0.5, 0.6) is 0 Å². The smallest absolute Gasteiger partial charge is 0.180 e. The highest BCUT2D eigenvalue weighted by atomic mass is 79.9. The van der Waals surface area contributed by atoms with Gasteiger partial charge in [-0.3, -0.25) is 4.79 Å². The Kier molecular flexibility index (Phi) is 3.84. The van der Waals surface area contributed by atoms with Crippen LogP contribution in [0.4, 0.5) is 0 Å². The summed E-state index contributed by atoms with van der Waals surface area (Å²) >= 11 is 3.29. The molecule has 0 aromatic heterocycles. The third-order valence-electron chi connectivity index (χ3n) is 1.99. The molecule has 1 atom stereocenters. The molecule has 0 spiro atoms. The first kappa shape index (κ1) is 10.9. The zero-order valence-corrected chi connectivity index (χ0v) is 9.41. The van der Waals surface area contributed by atoms with E-state index < -0.39 is 5.92 Å². The Bertz CT molecular complexity index is 381. The second-order valence-corrected chi connectivity index (χ2v) is 3.88. The van der Waals surface area contributed by atoms with Crippen LogP contribution in [0.15, 0.2) is 28.7 Å². The van der Waals surface area contributed by atoms with Gasteiger partial charge in [-0.25, -0.2) is 0 Å². The molecule has 0 heterocycles. The van der Waals surface area contributed by atoms with Gasteiger partial charge in [0.15, 0.2) is 5.78 Å². The summed E-state index contributed by atoms with van der Waals surface area (Å²) in [6.45, 7) is 1.84. The van der Waals surface area contributed by atoms with Crippen LogP contribution < -0.4 is 0 Å². The van der Waals surface area contributed by atoms with Gasteiger partial charge in [0.1, 0.15) is 5.92 Å². The van der Waals surface area contributed by atoms with Crippen molar-refractivity contribution in [2.24, 2.45) is 5.92 Å². The molecule has 0 radical (unpaired) electrons. The third-order valence-corrected chi connectivity index (χ3v) is 2.48. The summed E-state index contributed by atoms with van der Waals surface area (Å²) in [7, 11) is 0. The van der Waals surface area contributed by atoms with E-state index in [0.29, 0.717) is 12.0 Å². The van der Waals surface area contributed by atoms with Gasteiger partial charge in [-0.15, -0.1) is 0 Å². The number of carbonyl (C=O) groups excluding carboxylic acids is 1. The van der Waals surface area contributed by atoms with Crippen molar-refractivity contribution in [3.05, 3.63) is 34.3 Å². The minimum Gasteiger partial charge on any atom is -0.293 e. The summed E-state index contributed by atoms with van der Waals surface area (Å²) in [4.78, 5) is 11.7. The molecule has 1 unspecified atom stereocenters. The van der Waals surface area contributed by atoms with E-state index in [1.165, 1.54) is 0 Å². The topological polar surface area (TPSA) is 40.9 Å². The molecule has 1 aromatic carbocycles. The number of hydrogen-bond donors (Lipinski definition) is 0. The molecule has 0 aliphatic rings. The molecule has 0 aliphatic carbocycles. The number of ketones is 1. The van der Waals surface area contributed by atoms with E-state index in [4.69, 9.17) is 5.26 Å². The zero-order chi connectivity index (χ0) is 10.6. The van der Waals surface area contributed by atoms with Crippen LogP contribution in [0.25, 0.3) is 0 Å². The van der Waals surface area contributed by atoms with Crippen LogP contribution in [-0.2, 0) is 0 Å². The molecule has 0 bridgehead atoms. The third kappa shape index (κ3) is 2.43. The summed E-state index contributed by atoms with van der Waals surface area (Å²) in [5.41, 5.74) is 0.591. The second-order valence-electron chi connectivity index (χ2n) is 2.96. The molecule has 2 nitrogen and oxygen atoms in total. The number of nitrogens with zero attached hydrogens (tertiary/aromatic N) is 1. The molecule has 14 heavy (non-hydrogen) atoms. The fraction of sp³-hybridized carbons (Fsp3) is 0.273. The minimum atomic E-state index is -0.524. The lowest BCUT2D eigenvalue weighted by atomic mass is 9.97. The predicted molar refractivity (Wildman–Crippen MR) is 57.9 cm³/mol. The standard InChI is InChI=1S/C11H10BrNO/c1-2-8(7-13)11(14)9-4-3-5-10(12)6-9/h3-6,8H,2H2,1H3. The fourth-order valence-electron chi connectivity index (χ4n) is 1.18. The summed E-state index contributed by atoms with van der Waals surface area (Å²) < 4.78 is 0.858. The summed E-state index contributed by atoms with van der Waals surface area (Å²) in [6.07, 6.45) is 0.557. The minimum absolute atomic E-state index is 0.101. The maximum Gasteiger partial charge on any atom is 0.180 e. The first-order valence-corrected chi connectivity index (χ1v) is 5.17.